The van der Waals surface area contributed by atoms with Crippen LogP contribution in [0.25, 0.3) is 0 Å². The normalized spacial score (nSPS) is 10.4. The number of carbonyl (C=O) groups is 1. The van der Waals surface area contributed by atoms with Gasteiger partial charge in [0.1, 0.15) is 0 Å². The number of hydrogen-bond acceptors (Lipinski definition) is 5. The van der Waals surface area contributed by atoms with E-state index < -0.39 is 0 Å². The predicted octanol–water partition coefficient (Wildman–Crippen LogP) is 1.33. The Bertz CT molecular complexity index is 462. The first kappa shape index (κ1) is 15.5. The number of aryl methyl sites for hydroxylation is 1. The number of carbonyl (C=O) groups excluding carboxylic acids is 1. The number of nitrogen functional groups attached to an aromatic ring is 1. The van der Waals surface area contributed by atoms with Crippen LogP contribution >= 0.6 is 11.6 Å². The first-order valence-electron chi connectivity index (χ1n) is 6.19. The summed E-state index contributed by atoms with van der Waals surface area (Å²) >= 11 is 5.82. The number of anilines is 2. The van der Waals surface area contributed by atoms with Crippen molar-refractivity contribution in [1.29, 1.82) is 0 Å². The molecule has 1 rings (SSSR count). The number of nitrogens with zero attached hydrogens (tertiary/aromatic N) is 4. The Kier molecular flexibility index (Phi) is 5.35. The number of amides is 1. The SMILES string of the molecule is CCN(CC)C(=O)CN(C)c1nc(Cl)nc(C)c1N. The third kappa shape index (κ3) is 3.70. The third-order valence-electron chi connectivity index (χ3n) is 2.94. The van der Waals surface area contributed by atoms with Crippen LogP contribution in [0.15, 0.2) is 0 Å². The van der Waals surface area contributed by atoms with E-state index in [9.17, 15) is 4.79 Å². The topological polar surface area (TPSA) is 75.4 Å². The zero-order valence-electron chi connectivity index (χ0n) is 11.8. The van der Waals surface area contributed by atoms with Crippen molar-refractivity contribution in [2.75, 3.05) is 37.3 Å². The molecule has 1 amide bonds. The lowest BCUT2D eigenvalue weighted by Crippen LogP contribution is -2.39. The van der Waals surface area contributed by atoms with Crippen molar-refractivity contribution < 1.29 is 4.79 Å². The molecule has 106 valence electrons. The molecule has 0 atom stereocenters. The van der Waals surface area contributed by atoms with Gasteiger partial charge in [-0.05, 0) is 32.4 Å². The summed E-state index contributed by atoms with van der Waals surface area (Å²) in [5, 5.41) is 0.129. The molecule has 19 heavy (non-hydrogen) atoms. The minimum absolute atomic E-state index is 0.0271. The summed E-state index contributed by atoms with van der Waals surface area (Å²) in [6.45, 7) is 7.22. The van der Waals surface area contributed by atoms with Crippen molar-refractivity contribution in [1.82, 2.24) is 14.9 Å². The van der Waals surface area contributed by atoms with Crippen LogP contribution in [0, 0.1) is 6.92 Å². The van der Waals surface area contributed by atoms with Gasteiger partial charge in [0.2, 0.25) is 11.2 Å². The van der Waals surface area contributed by atoms with Gasteiger partial charge in [0, 0.05) is 20.1 Å². The maximum atomic E-state index is 12.0. The monoisotopic (exact) mass is 285 g/mol. The van der Waals surface area contributed by atoms with Crippen LogP contribution in [0.4, 0.5) is 11.5 Å². The summed E-state index contributed by atoms with van der Waals surface area (Å²) in [5.74, 6) is 0.511. The van der Waals surface area contributed by atoms with Crippen molar-refractivity contribution in [2.45, 2.75) is 20.8 Å². The molecule has 7 heteroatoms. The maximum Gasteiger partial charge on any atom is 0.242 e. The highest BCUT2D eigenvalue weighted by Crippen LogP contribution is 2.23. The summed E-state index contributed by atoms with van der Waals surface area (Å²) in [7, 11) is 1.76. The van der Waals surface area contributed by atoms with Crippen LogP contribution in [0.2, 0.25) is 5.28 Å². The lowest BCUT2D eigenvalue weighted by Gasteiger charge is -2.24. The average Bonchev–Trinajstić information content (AvgIpc) is 2.35. The van der Waals surface area contributed by atoms with E-state index >= 15 is 0 Å². The van der Waals surface area contributed by atoms with Crippen LogP contribution < -0.4 is 10.6 Å². The Hall–Kier alpha value is -1.56. The molecular formula is C12H20ClN5O. The summed E-state index contributed by atoms with van der Waals surface area (Å²) < 4.78 is 0. The Morgan fingerprint density at radius 2 is 1.89 bits per heavy atom. The molecule has 2 N–H and O–H groups in total. The molecular weight excluding hydrogens is 266 g/mol. The second kappa shape index (κ2) is 6.56. The molecule has 0 unspecified atom stereocenters. The molecule has 0 bridgehead atoms. The van der Waals surface area contributed by atoms with Gasteiger partial charge in [0.05, 0.1) is 17.9 Å². The van der Waals surface area contributed by atoms with E-state index in [2.05, 4.69) is 9.97 Å². The van der Waals surface area contributed by atoms with E-state index in [0.717, 1.165) is 0 Å². The lowest BCUT2D eigenvalue weighted by atomic mass is 10.3. The van der Waals surface area contributed by atoms with E-state index in [4.69, 9.17) is 17.3 Å². The molecule has 0 aliphatic carbocycles. The van der Waals surface area contributed by atoms with Gasteiger partial charge >= 0.3 is 0 Å². The fourth-order valence-electron chi connectivity index (χ4n) is 1.78. The number of likely N-dealkylation sites (N-methyl/N-ethyl adjacent to an activating group) is 2. The molecule has 0 aliphatic rings. The first-order chi connectivity index (χ1) is 8.90. The Morgan fingerprint density at radius 1 is 1.32 bits per heavy atom. The highest BCUT2D eigenvalue weighted by molar-refractivity contribution is 6.28. The van der Waals surface area contributed by atoms with Crippen LogP contribution in [0.1, 0.15) is 19.5 Å². The predicted molar refractivity (Wildman–Crippen MR) is 77.4 cm³/mol. The molecule has 6 nitrogen and oxygen atoms in total. The second-order valence-electron chi connectivity index (χ2n) is 4.24. The summed E-state index contributed by atoms with van der Waals surface area (Å²) in [6.07, 6.45) is 0. The molecule has 1 aromatic heterocycles. The van der Waals surface area contributed by atoms with Crippen LogP contribution in [-0.4, -0.2) is 47.5 Å². The zero-order valence-corrected chi connectivity index (χ0v) is 12.5. The van der Waals surface area contributed by atoms with Crippen molar-refractivity contribution in [3.05, 3.63) is 11.0 Å². The van der Waals surface area contributed by atoms with Crippen LogP contribution in [0.5, 0.6) is 0 Å². The van der Waals surface area contributed by atoms with E-state index in [1.54, 1.807) is 23.8 Å². The molecule has 0 saturated carbocycles. The number of aromatic nitrogens is 2. The Labute approximate surface area is 118 Å². The number of halogens is 1. The molecule has 0 radical (unpaired) electrons. The van der Waals surface area contributed by atoms with Gasteiger partial charge in [-0.3, -0.25) is 4.79 Å². The average molecular weight is 286 g/mol. The summed E-state index contributed by atoms with van der Waals surface area (Å²) in [5.41, 5.74) is 6.97. The molecule has 0 fully saturated rings. The fraction of sp³-hybridized carbons (Fsp3) is 0.583. The van der Waals surface area contributed by atoms with Gasteiger partial charge in [0.25, 0.3) is 0 Å². The van der Waals surface area contributed by atoms with Gasteiger partial charge < -0.3 is 15.5 Å². The van der Waals surface area contributed by atoms with Gasteiger partial charge in [-0.2, -0.15) is 4.98 Å². The molecule has 0 aromatic carbocycles. The third-order valence-corrected chi connectivity index (χ3v) is 3.11. The number of nitrogens with two attached hydrogens (primary N) is 1. The van der Waals surface area contributed by atoms with Crippen molar-refractivity contribution >= 4 is 29.0 Å². The van der Waals surface area contributed by atoms with Gasteiger partial charge in [-0.25, -0.2) is 4.98 Å². The van der Waals surface area contributed by atoms with Gasteiger partial charge in [-0.1, -0.05) is 0 Å². The first-order valence-corrected chi connectivity index (χ1v) is 6.57. The minimum atomic E-state index is 0.0271. The van der Waals surface area contributed by atoms with Gasteiger partial charge in [0.15, 0.2) is 5.82 Å². The maximum absolute atomic E-state index is 12.0. The number of rotatable bonds is 5. The molecule has 0 saturated heterocycles. The highest BCUT2D eigenvalue weighted by Gasteiger charge is 2.17. The lowest BCUT2D eigenvalue weighted by molar-refractivity contribution is -0.129. The molecule has 0 aliphatic heterocycles. The summed E-state index contributed by atoms with van der Waals surface area (Å²) in [6, 6.07) is 0. The highest BCUT2D eigenvalue weighted by atomic mass is 35.5. The molecule has 0 spiro atoms. The number of hydrogen-bond donors (Lipinski definition) is 1. The van der Waals surface area contributed by atoms with E-state index in [1.165, 1.54) is 0 Å². The van der Waals surface area contributed by atoms with Crippen LogP contribution in [0.3, 0.4) is 0 Å². The smallest absolute Gasteiger partial charge is 0.242 e. The zero-order chi connectivity index (χ0) is 14.6. The van der Waals surface area contributed by atoms with Crippen LogP contribution in [-0.2, 0) is 4.79 Å². The van der Waals surface area contributed by atoms with Crippen molar-refractivity contribution in [3.63, 3.8) is 0 Å². The standard InChI is InChI=1S/C12H20ClN5O/c1-5-18(6-2)9(19)7-17(4)11-10(14)8(3)15-12(13)16-11/h5-7,14H2,1-4H3. The largest absolute Gasteiger partial charge is 0.394 e. The fourth-order valence-corrected chi connectivity index (χ4v) is 1.98. The Morgan fingerprint density at radius 3 is 2.42 bits per heavy atom. The van der Waals surface area contributed by atoms with Crippen molar-refractivity contribution in [3.8, 4) is 0 Å². The Balaban J connectivity index is 2.89. The molecule has 1 heterocycles. The van der Waals surface area contributed by atoms with Gasteiger partial charge in [-0.15, -0.1) is 0 Å². The van der Waals surface area contributed by atoms with Crippen molar-refractivity contribution in [2.24, 2.45) is 0 Å². The summed E-state index contributed by atoms with van der Waals surface area (Å²) in [4.78, 5) is 23.5. The molecule has 1 aromatic rings. The quantitative estimate of drug-likeness (QED) is 0.826. The van der Waals surface area contributed by atoms with E-state index in [1.807, 2.05) is 13.8 Å². The second-order valence-corrected chi connectivity index (χ2v) is 4.58. The van der Waals surface area contributed by atoms with E-state index in [0.29, 0.717) is 30.3 Å². The van der Waals surface area contributed by atoms with E-state index in [-0.39, 0.29) is 17.7 Å². The minimum Gasteiger partial charge on any atom is -0.394 e.